The summed E-state index contributed by atoms with van der Waals surface area (Å²) in [6, 6.07) is 0. The van der Waals surface area contributed by atoms with Crippen LogP contribution >= 0.6 is 0 Å². The summed E-state index contributed by atoms with van der Waals surface area (Å²) >= 11 is 0. The Balaban J connectivity index is 2.70. The van der Waals surface area contributed by atoms with E-state index in [0.29, 0.717) is 5.57 Å². The summed E-state index contributed by atoms with van der Waals surface area (Å²) in [5, 5.41) is 11.6. The minimum atomic E-state index is -1.50. The predicted octanol–water partition coefficient (Wildman–Crippen LogP) is 3.39. The SMILES string of the molecule is COC1=C(C)[C@](O)(C2=CCCC2)C(OC(C)C)=C(OC(C)C)C1=O. The second-order valence-corrected chi connectivity index (χ2v) is 6.81. The molecule has 5 nitrogen and oxygen atoms in total. The van der Waals surface area contributed by atoms with Gasteiger partial charge < -0.3 is 19.3 Å². The zero-order valence-corrected chi connectivity index (χ0v) is 15.4. The van der Waals surface area contributed by atoms with Gasteiger partial charge in [-0.1, -0.05) is 6.08 Å². The van der Waals surface area contributed by atoms with Crippen LogP contribution in [0.25, 0.3) is 0 Å². The number of carbonyl (C=O) groups excluding carboxylic acids is 1. The third-order valence-electron chi connectivity index (χ3n) is 4.25. The number of ketones is 1. The first-order valence-corrected chi connectivity index (χ1v) is 8.53. The van der Waals surface area contributed by atoms with Gasteiger partial charge in [0.05, 0.1) is 19.3 Å². The summed E-state index contributed by atoms with van der Waals surface area (Å²) in [5.41, 5.74) is -0.206. The van der Waals surface area contributed by atoms with Crippen molar-refractivity contribution >= 4 is 5.78 Å². The normalized spacial score (nSPS) is 24.9. The number of Topliss-reactive ketones (excluding diaryl/α,β-unsaturated/α-hetero) is 1. The van der Waals surface area contributed by atoms with Crippen LogP contribution in [0.2, 0.25) is 0 Å². The highest BCUT2D eigenvalue weighted by Gasteiger charge is 2.51. The van der Waals surface area contributed by atoms with Crippen molar-refractivity contribution in [2.24, 2.45) is 0 Å². The van der Waals surface area contributed by atoms with E-state index in [-0.39, 0.29) is 35.3 Å². The number of ether oxygens (including phenoxy) is 3. The van der Waals surface area contributed by atoms with Crippen LogP contribution < -0.4 is 0 Å². The molecule has 2 aliphatic carbocycles. The average molecular weight is 336 g/mol. The molecule has 0 saturated carbocycles. The maximum absolute atomic E-state index is 12.8. The molecule has 2 rings (SSSR count). The van der Waals surface area contributed by atoms with E-state index < -0.39 is 5.60 Å². The van der Waals surface area contributed by atoms with E-state index in [1.807, 2.05) is 33.8 Å². The lowest BCUT2D eigenvalue weighted by Gasteiger charge is -2.38. The largest absolute Gasteiger partial charge is 0.492 e. The Hall–Kier alpha value is -1.75. The lowest BCUT2D eigenvalue weighted by atomic mass is 9.78. The molecule has 0 unspecified atom stereocenters. The summed E-state index contributed by atoms with van der Waals surface area (Å²) in [6.45, 7) is 9.10. The van der Waals surface area contributed by atoms with Crippen LogP contribution in [-0.2, 0) is 19.0 Å². The van der Waals surface area contributed by atoms with Gasteiger partial charge in [0.15, 0.2) is 17.1 Å². The Morgan fingerprint density at radius 2 is 1.75 bits per heavy atom. The minimum Gasteiger partial charge on any atom is -0.492 e. The fourth-order valence-electron chi connectivity index (χ4n) is 3.22. The Morgan fingerprint density at radius 3 is 2.21 bits per heavy atom. The highest BCUT2D eigenvalue weighted by molar-refractivity contribution is 6.08. The first-order valence-electron chi connectivity index (χ1n) is 8.53. The number of rotatable bonds is 6. The van der Waals surface area contributed by atoms with Crippen LogP contribution in [0, 0.1) is 0 Å². The van der Waals surface area contributed by atoms with E-state index >= 15 is 0 Å². The molecule has 0 bridgehead atoms. The lowest BCUT2D eigenvalue weighted by molar-refractivity contribution is -0.122. The molecule has 0 spiro atoms. The van der Waals surface area contributed by atoms with Crippen LogP contribution in [-0.4, -0.2) is 35.8 Å². The quantitative estimate of drug-likeness (QED) is 0.753. The van der Waals surface area contributed by atoms with Gasteiger partial charge in [-0.15, -0.1) is 0 Å². The number of methoxy groups -OCH3 is 1. The predicted molar refractivity (Wildman–Crippen MR) is 91.1 cm³/mol. The summed E-state index contributed by atoms with van der Waals surface area (Å²) in [6.07, 6.45) is 4.20. The molecule has 1 atom stereocenters. The van der Waals surface area contributed by atoms with Gasteiger partial charge in [-0.25, -0.2) is 0 Å². The van der Waals surface area contributed by atoms with Crippen molar-refractivity contribution in [3.05, 3.63) is 34.5 Å². The molecular weight excluding hydrogens is 308 g/mol. The van der Waals surface area contributed by atoms with Crippen LogP contribution in [0.1, 0.15) is 53.9 Å². The van der Waals surface area contributed by atoms with Gasteiger partial charge in [0.1, 0.15) is 0 Å². The molecule has 1 N–H and O–H groups in total. The van der Waals surface area contributed by atoms with Gasteiger partial charge in [-0.05, 0) is 59.5 Å². The summed E-state index contributed by atoms with van der Waals surface area (Å²) in [7, 11) is 1.43. The van der Waals surface area contributed by atoms with E-state index in [4.69, 9.17) is 14.2 Å². The van der Waals surface area contributed by atoms with Gasteiger partial charge >= 0.3 is 0 Å². The third-order valence-corrected chi connectivity index (χ3v) is 4.25. The number of hydrogen-bond donors (Lipinski definition) is 1. The molecule has 0 radical (unpaired) electrons. The van der Waals surface area contributed by atoms with E-state index in [0.717, 1.165) is 24.8 Å². The summed E-state index contributed by atoms with van der Waals surface area (Å²) in [4.78, 5) is 12.8. The maximum Gasteiger partial charge on any atom is 0.265 e. The van der Waals surface area contributed by atoms with Crippen LogP contribution in [0.15, 0.2) is 34.5 Å². The van der Waals surface area contributed by atoms with Crippen molar-refractivity contribution in [1.29, 1.82) is 0 Å². The van der Waals surface area contributed by atoms with Crippen molar-refractivity contribution in [2.75, 3.05) is 7.11 Å². The second-order valence-electron chi connectivity index (χ2n) is 6.81. The number of hydrogen-bond acceptors (Lipinski definition) is 5. The summed E-state index contributed by atoms with van der Waals surface area (Å²) < 4.78 is 17.0. The molecule has 0 amide bonds. The first-order chi connectivity index (χ1) is 11.2. The van der Waals surface area contributed by atoms with Crippen LogP contribution in [0.5, 0.6) is 0 Å². The molecule has 2 aliphatic rings. The zero-order valence-electron chi connectivity index (χ0n) is 15.4. The molecule has 0 aliphatic heterocycles. The van der Waals surface area contributed by atoms with Gasteiger partial charge in [0.2, 0.25) is 5.76 Å². The molecule has 0 aromatic carbocycles. The second kappa shape index (κ2) is 7.01. The van der Waals surface area contributed by atoms with Crippen molar-refractivity contribution in [3.63, 3.8) is 0 Å². The van der Waals surface area contributed by atoms with Gasteiger partial charge in [-0.3, -0.25) is 4.79 Å². The third kappa shape index (κ3) is 3.09. The molecule has 5 heteroatoms. The molecule has 0 heterocycles. The Bertz CT molecular complexity index is 609. The standard InChI is InChI=1S/C19H28O5/c1-11(2)23-17-15(20)16(22-6)13(5)19(21,14-9-7-8-10-14)18(17)24-12(3)4/h9,11-12,21H,7-8,10H2,1-6H3/t19-/m0/s1. The molecular formula is C19H28O5. The lowest BCUT2D eigenvalue weighted by Crippen LogP contribution is -2.44. The fourth-order valence-corrected chi connectivity index (χ4v) is 3.22. The maximum atomic E-state index is 12.8. The first kappa shape index (κ1) is 18.6. The average Bonchev–Trinajstić information content (AvgIpc) is 3.03. The van der Waals surface area contributed by atoms with Crippen LogP contribution in [0.4, 0.5) is 0 Å². The molecule has 134 valence electrons. The van der Waals surface area contributed by atoms with E-state index in [9.17, 15) is 9.90 Å². The Morgan fingerprint density at radius 1 is 1.12 bits per heavy atom. The number of aliphatic hydroxyl groups is 1. The van der Waals surface area contributed by atoms with Crippen molar-refractivity contribution in [1.82, 2.24) is 0 Å². The van der Waals surface area contributed by atoms with E-state index in [1.165, 1.54) is 7.11 Å². The summed E-state index contributed by atoms with van der Waals surface area (Å²) in [5.74, 6) is -0.0428. The molecule has 0 aromatic heterocycles. The number of allylic oxidation sites excluding steroid dienone is 1. The monoisotopic (exact) mass is 336 g/mol. The smallest absolute Gasteiger partial charge is 0.265 e. The molecule has 0 aromatic rings. The van der Waals surface area contributed by atoms with Gasteiger partial charge in [0, 0.05) is 5.57 Å². The van der Waals surface area contributed by atoms with Gasteiger partial charge in [-0.2, -0.15) is 0 Å². The van der Waals surface area contributed by atoms with E-state index in [2.05, 4.69) is 0 Å². The topological polar surface area (TPSA) is 65.0 Å². The Kier molecular flexibility index (Phi) is 5.43. The van der Waals surface area contributed by atoms with Crippen LogP contribution in [0.3, 0.4) is 0 Å². The van der Waals surface area contributed by atoms with Crippen molar-refractivity contribution < 1.29 is 24.1 Å². The van der Waals surface area contributed by atoms with E-state index in [1.54, 1.807) is 6.92 Å². The molecule has 0 saturated heterocycles. The highest BCUT2D eigenvalue weighted by Crippen LogP contribution is 2.46. The van der Waals surface area contributed by atoms with Gasteiger partial charge in [0.25, 0.3) is 5.78 Å². The zero-order chi connectivity index (χ0) is 18.1. The molecule has 24 heavy (non-hydrogen) atoms. The van der Waals surface area contributed by atoms with Crippen molar-refractivity contribution in [2.45, 2.75) is 71.7 Å². The van der Waals surface area contributed by atoms with Crippen molar-refractivity contribution in [3.8, 4) is 0 Å². The minimum absolute atomic E-state index is 0.0384. The molecule has 0 fully saturated rings. The highest BCUT2D eigenvalue weighted by atomic mass is 16.5. The fraction of sp³-hybridized carbons (Fsp3) is 0.632. The Labute approximate surface area is 144 Å². The number of carbonyl (C=O) groups is 1.